The van der Waals surface area contributed by atoms with Gasteiger partial charge in [-0.2, -0.15) is 17.9 Å². The first-order chi connectivity index (χ1) is 22.9. The van der Waals surface area contributed by atoms with E-state index in [4.69, 9.17) is 11.6 Å². The number of ether oxygens (including phenoxy) is 2. The molecule has 2 aromatic heterocycles. The maximum atomic E-state index is 14.8. The van der Waals surface area contributed by atoms with Crippen LogP contribution < -0.4 is 16.0 Å². The molecule has 2 aromatic carbocycles. The Labute approximate surface area is 276 Å². The van der Waals surface area contributed by atoms with E-state index in [0.29, 0.717) is 22.1 Å². The molecule has 0 aliphatic carbocycles. The van der Waals surface area contributed by atoms with Crippen LogP contribution >= 0.6 is 11.6 Å². The van der Waals surface area contributed by atoms with Crippen LogP contribution in [-0.2, 0) is 19.1 Å². The zero-order valence-corrected chi connectivity index (χ0v) is 26.2. The highest BCUT2D eigenvalue weighted by Gasteiger charge is 2.61. The van der Waals surface area contributed by atoms with Crippen molar-refractivity contribution >= 4 is 47.0 Å². The number of H-pyrrole nitrogens is 1. The minimum absolute atomic E-state index is 0.0926. The number of nitrogens with zero attached hydrogens (tertiary/aromatic N) is 5. The molecule has 1 aliphatic rings. The number of amides is 2. The van der Waals surface area contributed by atoms with Crippen molar-refractivity contribution in [3.8, 4) is 16.9 Å². The summed E-state index contributed by atoms with van der Waals surface area (Å²) >= 11 is 6.18. The van der Waals surface area contributed by atoms with Crippen molar-refractivity contribution in [1.82, 2.24) is 35.5 Å². The molecule has 0 saturated heterocycles. The van der Waals surface area contributed by atoms with E-state index in [9.17, 15) is 27.6 Å². The van der Waals surface area contributed by atoms with Gasteiger partial charge in [0, 0.05) is 33.6 Å². The highest BCUT2D eigenvalue weighted by Crippen LogP contribution is 2.42. The van der Waals surface area contributed by atoms with E-state index >= 15 is 0 Å². The predicted octanol–water partition coefficient (Wildman–Crippen LogP) is 5.21. The third-order valence-electron chi connectivity index (χ3n) is 7.64. The number of benzene rings is 2. The van der Waals surface area contributed by atoms with Gasteiger partial charge in [-0.1, -0.05) is 24.4 Å². The first-order valence-corrected chi connectivity index (χ1v) is 14.8. The van der Waals surface area contributed by atoms with Crippen LogP contribution in [0.2, 0.25) is 5.02 Å². The zero-order valence-electron chi connectivity index (χ0n) is 25.5. The molecule has 18 heteroatoms. The summed E-state index contributed by atoms with van der Waals surface area (Å²) < 4.78 is 55.2. The quantitative estimate of drug-likeness (QED) is 0.155. The lowest BCUT2D eigenvalue weighted by Crippen LogP contribution is -2.58. The molecule has 4 aromatic rings. The molecule has 1 aliphatic heterocycles. The number of esters is 1. The van der Waals surface area contributed by atoms with Crippen molar-refractivity contribution < 1.29 is 37.0 Å². The van der Waals surface area contributed by atoms with Crippen molar-refractivity contribution in [3.05, 3.63) is 71.4 Å². The Kier molecular flexibility index (Phi) is 9.98. The molecule has 14 nitrogen and oxygen atoms in total. The van der Waals surface area contributed by atoms with Gasteiger partial charge in [-0.3, -0.25) is 10.1 Å². The van der Waals surface area contributed by atoms with Gasteiger partial charge in [0.2, 0.25) is 11.4 Å². The standard InChI is InChI=1S/C30H29ClF3N9O5/c1-47-27(45)29(30(32,33)34)12-4-3-5-21(38-25(44)11-6-17-13-18(31)7-10-24(17)43-16-36-41-42-43)26-35-15-23(39-26)20-9-8-19(14-22(20)40-29)37-28(46)48-2/h6-11,13-16,21,40H,3-5,12H2,1-2H3,(H,35,39)(H,37,46)(H,38,44)/b11-6+/t21-,29?/m0/s1. The second kappa shape index (κ2) is 14.1. The van der Waals surface area contributed by atoms with E-state index in [0.717, 1.165) is 14.2 Å². The number of fused-ring (bicyclic) bond motifs is 4. The number of anilines is 2. The molecule has 3 heterocycles. The number of alkyl halides is 3. The zero-order chi connectivity index (χ0) is 34.5. The Morgan fingerprint density at radius 1 is 1.12 bits per heavy atom. The molecular weight excluding hydrogens is 659 g/mol. The number of methoxy groups -OCH3 is 2. The van der Waals surface area contributed by atoms with Crippen LogP contribution in [0.3, 0.4) is 0 Å². The van der Waals surface area contributed by atoms with Gasteiger partial charge in [-0.25, -0.2) is 14.6 Å². The predicted molar refractivity (Wildman–Crippen MR) is 167 cm³/mol. The van der Waals surface area contributed by atoms with Gasteiger partial charge >= 0.3 is 18.2 Å². The molecule has 0 saturated carbocycles. The molecule has 4 N–H and O–H groups in total. The monoisotopic (exact) mass is 687 g/mol. The lowest BCUT2D eigenvalue weighted by atomic mass is 9.89. The first kappa shape index (κ1) is 33.9. The SMILES string of the molecule is COC(=O)Nc1ccc2c(c1)NC(C(=O)OC)(C(F)(F)F)CCCC[C@H](NC(=O)/C=C/c1cc(Cl)ccc1-n1cnnn1)c1ncc-2[nH]1. The molecule has 5 rings (SSSR count). The van der Waals surface area contributed by atoms with E-state index in [-0.39, 0.29) is 41.9 Å². The second-order valence-corrected chi connectivity index (χ2v) is 11.1. The highest BCUT2D eigenvalue weighted by atomic mass is 35.5. The number of halogens is 4. The van der Waals surface area contributed by atoms with Crippen molar-refractivity contribution in [2.24, 2.45) is 0 Å². The third kappa shape index (κ3) is 7.25. The van der Waals surface area contributed by atoms with E-state index in [1.54, 1.807) is 18.2 Å². The molecular formula is C30H29ClF3N9O5. The average Bonchev–Trinajstić information content (AvgIpc) is 3.77. The minimum atomic E-state index is -5.09. The van der Waals surface area contributed by atoms with Crippen molar-refractivity contribution in [3.63, 3.8) is 0 Å². The Morgan fingerprint density at radius 3 is 2.65 bits per heavy atom. The number of aromatic nitrogens is 6. The number of carbonyl (C=O) groups excluding carboxylic acids is 3. The van der Waals surface area contributed by atoms with Crippen LogP contribution in [0.25, 0.3) is 23.0 Å². The van der Waals surface area contributed by atoms with Gasteiger partial charge in [0.25, 0.3) is 0 Å². The van der Waals surface area contributed by atoms with Gasteiger partial charge in [0.15, 0.2) is 0 Å². The molecule has 1 unspecified atom stereocenters. The van der Waals surface area contributed by atoms with Crippen molar-refractivity contribution in [2.75, 3.05) is 24.9 Å². The molecule has 2 atom stereocenters. The van der Waals surface area contributed by atoms with Gasteiger partial charge < -0.3 is 25.1 Å². The van der Waals surface area contributed by atoms with Crippen LogP contribution in [0.15, 0.2) is 55.0 Å². The molecule has 48 heavy (non-hydrogen) atoms. The van der Waals surface area contributed by atoms with Crippen LogP contribution in [-0.4, -0.2) is 74.1 Å². The summed E-state index contributed by atoms with van der Waals surface area (Å²) in [6.07, 6.45) is -0.790. The van der Waals surface area contributed by atoms with E-state index in [2.05, 4.69) is 50.9 Å². The van der Waals surface area contributed by atoms with Crippen molar-refractivity contribution in [1.29, 1.82) is 0 Å². The minimum Gasteiger partial charge on any atom is -0.467 e. The number of hydrogen-bond donors (Lipinski definition) is 4. The molecule has 2 bridgehead atoms. The number of hydrogen-bond acceptors (Lipinski definition) is 10. The summed E-state index contributed by atoms with van der Waals surface area (Å²) in [4.78, 5) is 45.5. The number of imidazole rings is 1. The van der Waals surface area contributed by atoms with Crippen LogP contribution in [0.4, 0.5) is 29.3 Å². The molecule has 0 fully saturated rings. The van der Waals surface area contributed by atoms with Gasteiger partial charge in [0.1, 0.15) is 12.2 Å². The van der Waals surface area contributed by atoms with Crippen LogP contribution in [0.1, 0.15) is 43.1 Å². The Balaban J connectivity index is 1.49. The van der Waals surface area contributed by atoms with Gasteiger partial charge in [0.05, 0.1) is 37.8 Å². The lowest BCUT2D eigenvalue weighted by molar-refractivity contribution is -0.200. The lowest BCUT2D eigenvalue weighted by Gasteiger charge is -2.35. The number of aromatic amines is 1. The van der Waals surface area contributed by atoms with Crippen molar-refractivity contribution in [2.45, 2.75) is 43.4 Å². The number of tetrazole rings is 1. The Hall–Kier alpha value is -5.45. The summed E-state index contributed by atoms with van der Waals surface area (Å²) in [5.74, 6) is -1.71. The smallest absolute Gasteiger partial charge is 0.422 e. The number of nitrogens with one attached hydrogen (secondary N) is 4. The maximum Gasteiger partial charge on any atom is 0.422 e. The molecule has 2 amide bonds. The summed E-state index contributed by atoms with van der Waals surface area (Å²) in [5, 5.41) is 19.2. The average molecular weight is 688 g/mol. The first-order valence-electron chi connectivity index (χ1n) is 14.4. The fraction of sp³-hybridized carbons (Fsp3) is 0.300. The summed E-state index contributed by atoms with van der Waals surface area (Å²) in [5.41, 5.74) is -1.61. The van der Waals surface area contributed by atoms with Gasteiger partial charge in [-0.15, -0.1) is 5.10 Å². The largest absolute Gasteiger partial charge is 0.467 e. The van der Waals surface area contributed by atoms with Crippen LogP contribution in [0, 0.1) is 0 Å². The van der Waals surface area contributed by atoms with E-state index in [1.165, 1.54) is 47.6 Å². The Bertz CT molecular complexity index is 1830. The topological polar surface area (TPSA) is 178 Å². The fourth-order valence-corrected chi connectivity index (χ4v) is 5.45. The number of rotatable bonds is 6. The molecule has 0 spiro atoms. The molecule has 252 valence electrons. The number of carbonyl (C=O) groups is 3. The Morgan fingerprint density at radius 2 is 1.94 bits per heavy atom. The third-order valence-corrected chi connectivity index (χ3v) is 7.88. The second-order valence-electron chi connectivity index (χ2n) is 10.7. The summed E-state index contributed by atoms with van der Waals surface area (Å²) in [6.45, 7) is 0. The summed E-state index contributed by atoms with van der Waals surface area (Å²) in [6, 6.07) is 8.34. The normalized spacial score (nSPS) is 18.1. The van der Waals surface area contributed by atoms with Gasteiger partial charge in [-0.05, 0) is 65.7 Å². The molecule has 0 radical (unpaired) electrons. The van der Waals surface area contributed by atoms with E-state index in [1.807, 2.05) is 0 Å². The summed E-state index contributed by atoms with van der Waals surface area (Å²) in [7, 11) is 2.01. The highest BCUT2D eigenvalue weighted by molar-refractivity contribution is 6.30. The van der Waals surface area contributed by atoms with E-state index < -0.39 is 42.1 Å². The fourth-order valence-electron chi connectivity index (χ4n) is 5.27. The maximum absolute atomic E-state index is 14.8. The van der Waals surface area contributed by atoms with Crippen LogP contribution in [0.5, 0.6) is 0 Å².